The minimum Gasteiger partial charge on any atom is -0.478 e. The highest BCUT2D eigenvalue weighted by Gasteiger charge is 2.22. The van der Waals surface area contributed by atoms with Gasteiger partial charge in [-0.3, -0.25) is 0 Å². The van der Waals surface area contributed by atoms with Crippen molar-refractivity contribution in [2.24, 2.45) is 11.8 Å². The first-order valence-corrected chi connectivity index (χ1v) is 7.74. The summed E-state index contributed by atoms with van der Waals surface area (Å²) >= 11 is 0. The molecule has 0 spiro atoms. The number of nitrogens with zero attached hydrogens (tertiary/aromatic N) is 1. The molecule has 1 fully saturated rings. The van der Waals surface area contributed by atoms with Crippen molar-refractivity contribution >= 4 is 17.7 Å². The van der Waals surface area contributed by atoms with E-state index in [1.807, 2.05) is 6.07 Å². The number of aliphatic carboxylic acids is 1. The van der Waals surface area contributed by atoms with E-state index in [4.69, 9.17) is 5.11 Å². The first kappa shape index (κ1) is 15.6. The molecule has 0 unspecified atom stereocenters. The van der Waals surface area contributed by atoms with Gasteiger partial charge in [-0.2, -0.15) is 0 Å². The van der Waals surface area contributed by atoms with E-state index >= 15 is 0 Å². The standard InChI is InChI=1S/C18H25NO2/c1-13(2)16-8-10-19(11-9-16)17-6-4-15(12-14(17)3)5-7-18(20)21/h4-7,12-13,16H,8-11H2,1-3H3,(H,20,21)/b7-5+. The average Bonchev–Trinajstić information content (AvgIpc) is 2.45. The largest absolute Gasteiger partial charge is 0.478 e. The Balaban J connectivity index is 2.06. The van der Waals surface area contributed by atoms with Crippen LogP contribution in [0.1, 0.15) is 37.8 Å². The normalized spacial score (nSPS) is 16.9. The molecule has 0 atom stereocenters. The number of anilines is 1. The predicted octanol–water partition coefficient (Wildman–Crippen LogP) is 3.97. The van der Waals surface area contributed by atoms with E-state index < -0.39 is 5.97 Å². The van der Waals surface area contributed by atoms with E-state index in [9.17, 15) is 4.79 Å². The number of carboxylic acids is 1. The van der Waals surface area contributed by atoms with Crippen LogP contribution in [0.5, 0.6) is 0 Å². The highest BCUT2D eigenvalue weighted by atomic mass is 16.4. The van der Waals surface area contributed by atoms with Gasteiger partial charge in [0.1, 0.15) is 0 Å². The van der Waals surface area contributed by atoms with Crippen LogP contribution < -0.4 is 4.90 Å². The molecule has 1 N–H and O–H groups in total. The van der Waals surface area contributed by atoms with Crippen molar-refractivity contribution in [3.63, 3.8) is 0 Å². The second-order valence-corrected chi connectivity index (χ2v) is 6.29. The molecule has 0 amide bonds. The number of carbonyl (C=O) groups is 1. The van der Waals surface area contributed by atoms with Crippen LogP contribution in [0.15, 0.2) is 24.3 Å². The first-order chi connectivity index (χ1) is 9.97. The SMILES string of the molecule is Cc1cc(/C=C/C(=O)O)ccc1N1CCC(C(C)C)CC1. The van der Waals surface area contributed by atoms with Gasteiger partial charge in [0.2, 0.25) is 0 Å². The van der Waals surface area contributed by atoms with Crippen molar-refractivity contribution in [3.8, 4) is 0 Å². The molecule has 114 valence electrons. The van der Waals surface area contributed by atoms with Gasteiger partial charge in [-0.1, -0.05) is 19.9 Å². The maximum atomic E-state index is 10.6. The van der Waals surface area contributed by atoms with Gasteiger partial charge in [-0.25, -0.2) is 4.79 Å². The molecule has 3 nitrogen and oxygen atoms in total. The summed E-state index contributed by atoms with van der Waals surface area (Å²) in [6.07, 6.45) is 5.35. The summed E-state index contributed by atoms with van der Waals surface area (Å²) in [6, 6.07) is 6.17. The summed E-state index contributed by atoms with van der Waals surface area (Å²) in [7, 11) is 0. The zero-order chi connectivity index (χ0) is 15.4. The van der Waals surface area contributed by atoms with Gasteiger partial charge in [0, 0.05) is 24.9 Å². The van der Waals surface area contributed by atoms with Crippen molar-refractivity contribution in [2.75, 3.05) is 18.0 Å². The van der Waals surface area contributed by atoms with Gasteiger partial charge < -0.3 is 10.0 Å². The number of hydrogen-bond acceptors (Lipinski definition) is 2. The lowest BCUT2D eigenvalue weighted by Gasteiger charge is -2.36. The molecule has 0 bridgehead atoms. The summed E-state index contributed by atoms with van der Waals surface area (Å²) in [5.74, 6) is 0.712. The number of benzene rings is 1. The van der Waals surface area contributed by atoms with E-state index in [0.29, 0.717) is 0 Å². The molecule has 0 saturated carbocycles. The molecule has 21 heavy (non-hydrogen) atoms. The van der Waals surface area contributed by atoms with E-state index in [2.05, 4.69) is 37.8 Å². The molecule has 0 radical (unpaired) electrons. The van der Waals surface area contributed by atoms with Gasteiger partial charge in [0.15, 0.2) is 0 Å². The Labute approximate surface area is 127 Å². The van der Waals surface area contributed by atoms with Crippen LogP contribution >= 0.6 is 0 Å². The number of piperidine rings is 1. The number of aryl methyl sites for hydroxylation is 1. The van der Waals surface area contributed by atoms with Crippen LogP contribution in [-0.4, -0.2) is 24.2 Å². The van der Waals surface area contributed by atoms with Crippen LogP contribution in [0, 0.1) is 18.8 Å². The Hall–Kier alpha value is -1.77. The van der Waals surface area contributed by atoms with Crippen LogP contribution in [-0.2, 0) is 4.79 Å². The molecular formula is C18H25NO2. The Morgan fingerprint density at radius 1 is 1.33 bits per heavy atom. The van der Waals surface area contributed by atoms with E-state index in [1.54, 1.807) is 6.08 Å². The monoisotopic (exact) mass is 287 g/mol. The molecule has 0 aliphatic carbocycles. The van der Waals surface area contributed by atoms with Gasteiger partial charge in [0.05, 0.1) is 0 Å². The lowest BCUT2D eigenvalue weighted by molar-refractivity contribution is -0.131. The van der Waals surface area contributed by atoms with Crippen molar-refractivity contribution in [1.82, 2.24) is 0 Å². The number of carboxylic acid groups (broad SMARTS) is 1. The van der Waals surface area contributed by atoms with Crippen molar-refractivity contribution < 1.29 is 9.90 Å². The fourth-order valence-corrected chi connectivity index (χ4v) is 3.11. The second kappa shape index (κ2) is 6.79. The molecule has 0 aromatic heterocycles. The summed E-state index contributed by atoms with van der Waals surface area (Å²) in [4.78, 5) is 13.0. The Morgan fingerprint density at radius 3 is 2.52 bits per heavy atom. The van der Waals surface area contributed by atoms with Gasteiger partial charge in [-0.05, 0) is 60.9 Å². The smallest absolute Gasteiger partial charge is 0.328 e. The third-order valence-corrected chi connectivity index (χ3v) is 4.46. The third kappa shape index (κ3) is 4.10. The van der Waals surface area contributed by atoms with Gasteiger partial charge >= 0.3 is 5.97 Å². The van der Waals surface area contributed by atoms with Crippen LogP contribution in [0.25, 0.3) is 6.08 Å². The molecule has 2 rings (SSSR count). The maximum Gasteiger partial charge on any atom is 0.328 e. The van der Waals surface area contributed by atoms with Crippen LogP contribution in [0.2, 0.25) is 0 Å². The van der Waals surface area contributed by atoms with Gasteiger partial charge in [-0.15, -0.1) is 0 Å². The van der Waals surface area contributed by atoms with E-state index in [-0.39, 0.29) is 0 Å². The minimum absolute atomic E-state index is 0.775. The number of hydrogen-bond donors (Lipinski definition) is 1. The topological polar surface area (TPSA) is 40.5 Å². The van der Waals surface area contributed by atoms with E-state index in [0.717, 1.165) is 30.5 Å². The van der Waals surface area contributed by atoms with Crippen LogP contribution in [0.3, 0.4) is 0 Å². The minimum atomic E-state index is -0.910. The lowest BCUT2D eigenvalue weighted by atomic mass is 9.86. The van der Waals surface area contributed by atoms with Gasteiger partial charge in [0.25, 0.3) is 0 Å². The zero-order valence-electron chi connectivity index (χ0n) is 13.2. The molecule has 3 heteroatoms. The Morgan fingerprint density at radius 2 is 2.00 bits per heavy atom. The molecule has 1 saturated heterocycles. The summed E-state index contributed by atoms with van der Waals surface area (Å²) < 4.78 is 0. The second-order valence-electron chi connectivity index (χ2n) is 6.29. The van der Waals surface area contributed by atoms with Crippen molar-refractivity contribution in [2.45, 2.75) is 33.6 Å². The lowest BCUT2D eigenvalue weighted by Crippen LogP contribution is -2.35. The summed E-state index contributed by atoms with van der Waals surface area (Å²) in [6.45, 7) is 8.97. The predicted molar refractivity (Wildman–Crippen MR) is 87.6 cm³/mol. The first-order valence-electron chi connectivity index (χ1n) is 7.74. The Kier molecular flexibility index (Phi) is 5.05. The highest BCUT2D eigenvalue weighted by Crippen LogP contribution is 2.30. The van der Waals surface area contributed by atoms with Crippen LogP contribution in [0.4, 0.5) is 5.69 Å². The fourth-order valence-electron chi connectivity index (χ4n) is 3.11. The quantitative estimate of drug-likeness (QED) is 0.852. The molecule has 1 aliphatic heterocycles. The summed E-state index contributed by atoms with van der Waals surface area (Å²) in [5, 5.41) is 8.68. The van der Waals surface area contributed by atoms with Crippen molar-refractivity contribution in [1.29, 1.82) is 0 Å². The number of rotatable bonds is 4. The molecule has 1 aromatic rings. The molecular weight excluding hydrogens is 262 g/mol. The fraction of sp³-hybridized carbons (Fsp3) is 0.500. The Bertz CT molecular complexity index is 526. The van der Waals surface area contributed by atoms with E-state index in [1.165, 1.54) is 30.2 Å². The molecule has 1 aliphatic rings. The average molecular weight is 287 g/mol. The third-order valence-electron chi connectivity index (χ3n) is 4.46. The van der Waals surface area contributed by atoms with Crippen molar-refractivity contribution in [3.05, 3.63) is 35.4 Å². The molecule has 1 heterocycles. The zero-order valence-corrected chi connectivity index (χ0v) is 13.2. The maximum absolute atomic E-state index is 10.6. The summed E-state index contributed by atoms with van der Waals surface area (Å²) in [5.41, 5.74) is 3.44. The molecule has 1 aromatic carbocycles. The highest BCUT2D eigenvalue weighted by molar-refractivity contribution is 5.85.